The predicted octanol–water partition coefficient (Wildman–Crippen LogP) is 2.75. The molecule has 0 saturated heterocycles. The van der Waals surface area contributed by atoms with Gasteiger partial charge in [-0.25, -0.2) is 0 Å². The summed E-state index contributed by atoms with van der Waals surface area (Å²) in [6.07, 6.45) is 1.31. The number of hydrogen-bond donors (Lipinski definition) is 0. The zero-order chi connectivity index (χ0) is 8.78. The standard InChI is InChI=1S/2C4H9.2Li/c1-4(2)3;1-3-4-2;;/h1-3H3;3H,4H2,1-2H3;;. The number of hydrogen-bond acceptors (Lipinski definition) is 0. The fraction of sp³-hybridized carbons (Fsp3) is 1.00. The summed E-state index contributed by atoms with van der Waals surface area (Å²) < 4.78 is 1.38. The average molecular weight is 128 g/mol. The Labute approximate surface area is 84.9 Å². The zero-order valence-electron chi connectivity index (χ0n) is 8.78. The van der Waals surface area contributed by atoms with Gasteiger partial charge in [-0.15, -0.1) is 0 Å². The summed E-state index contributed by atoms with van der Waals surface area (Å²) in [7, 11) is 0. The molecular formula is C8H18Li2. The summed E-state index contributed by atoms with van der Waals surface area (Å²) in [5.74, 6) is 0. The third-order valence-corrected chi connectivity index (χ3v) is 0.816. The van der Waals surface area contributed by atoms with Crippen molar-refractivity contribution in [2.24, 2.45) is 0 Å². The van der Waals surface area contributed by atoms with E-state index in [1.165, 1.54) is 6.42 Å². The van der Waals surface area contributed by atoms with Crippen molar-refractivity contribution in [1.82, 2.24) is 0 Å². The van der Waals surface area contributed by atoms with Crippen LogP contribution in [0.5, 0.6) is 0 Å². The first-order valence-electron chi connectivity index (χ1n) is 4.27. The van der Waals surface area contributed by atoms with Crippen LogP contribution in [0.2, 0.25) is 8.68 Å². The van der Waals surface area contributed by atoms with Gasteiger partial charge in [0, 0.05) is 0 Å². The van der Waals surface area contributed by atoms with Crippen LogP contribution in [0.15, 0.2) is 0 Å². The zero-order valence-corrected chi connectivity index (χ0v) is 8.78. The minimum atomic E-state index is 0.500. The van der Waals surface area contributed by atoms with E-state index < -0.39 is 0 Å². The van der Waals surface area contributed by atoms with Crippen molar-refractivity contribution in [2.45, 2.75) is 49.7 Å². The Hall–Kier alpha value is 1.19. The molecule has 0 rings (SSSR count). The van der Waals surface area contributed by atoms with Crippen LogP contribution in [0.3, 0.4) is 0 Å². The number of rotatable bonds is 1. The molecule has 0 aliphatic carbocycles. The Balaban J connectivity index is 0. The van der Waals surface area contributed by atoms with Crippen LogP contribution in [-0.2, 0) is 0 Å². The van der Waals surface area contributed by atoms with Gasteiger partial charge >= 0.3 is 85.1 Å². The SMILES string of the molecule is [Li][CH](C)CC.[Li][C](C)(C)C. The van der Waals surface area contributed by atoms with E-state index in [1.807, 2.05) is 0 Å². The molecule has 0 saturated carbocycles. The van der Waals surface area contributed by atoms with Gasteiger partial charge in [-0.2, -0.15) is 0 Å². The van der Waals surface area contributed by atoms with Crippen molar-refractivity contribution < 1.29 is 0 Å². The Kier molecular flexibility index (Phi) is 9.46. The maximum atomic E-state index is 2.22. The van der Waals surface area contributed by atoms with Crippen molar-refractivity contribution >= 4 is 35.4 Å². The summed E-state index contributed by atoms with van der Waals surface area (Å²) >= 11 is 4.41. The minimum absolute atomic E-state index is 0.500. The Morgan fingerprint density at radius 3 is 1.40 bits per heavy atom. The normalized spacial score (nSPS) is 13.7. The first kappa shape index (κ1) is 13.8. The molecule has 1 atom stereocenters. The fourth-order valence-electron chi connectivity index (χ4n) is 0. The molecule has 0 fully saturated rings. The molecule has 0 amide bonds. The molecule has 1 unspecified atom stereocenters. The molecule has 10 heavy (non-hydrogen) atoms. The Morgan fingerprint density at radius 1 is 1.30 bits per heavy atom. The summed E-state index contributed by atoms with van der Waals surface area (Å²) in [6, 6.07) is 0. The van der Waals surface area contributed by atoms with Gasteiger partial charge in [-0.1, -0.05) is 0 Å². The van der Waals surface area contributed by atoms with Crippen molar-refractivity contribution in [1.29, 1.82) is 0 Å². The summed E-state index contributed by atoms with van der Waals surface area (Å²) in [6.45, 7) is 11.0. The van der Waals surface area contributed by atoms with E-state index in [9.17, 15) is 0 Å². The van der Waals surface area contributed by atoms with E-state index in [0.717, 1.165) is 4.59 Å². The van der Waals surface area contributed by atoms with E-state index in [0.29, 0.717) is 4.09 Å². The first-order valence-corrected chi connectivity index (χ1v) is 4.27. The predicted molar refractivity (Wildman–Crippen MR) is 50.9 cm³/mol. The fourth-order valence-corrected chi connectivity index (χ4v) is 0. The van der Waals surface area contributed by atoms with Gasteiger partial charge < -0.3 is 0 Å². The second-order valence-corrected chi connectivity index (χ2v) is 4.80. The van der Waals surface area contributed by atoms with Gasteiger partial charge in [0.05, 0.1) is 0 Å². The second kappa shape index (κ2) is 6.88. The second-order valence-electron chi connectivity index (χ2n) is 4.80. The quantitative estimate of drug-likeness (QED) is 0.476. The van der Waals surface area contributed by atoms with Crippen LogP contribution in [0.25, 0.3) is 0 Å². The molecule has 0 nitrogen and oxygen atoms in total. The third-order valence-electron chi connectivity index (χ3n) is 0.816. The molecule has 0 aromatic rings. The summed E-state index contributed by atoms with van der Waals surface area (Å²) in [5.41, 5.74) is 0. The topological polar surface area (TPSA) is 0 Å². The van der Waals surface area contributed by atoms with Crippen LogP contribution in [0.4, 0.5) is 0 Å². The monoisotopic (exact) mass is 128 g/mol. The van der Waals surface area contributed by atoms with E-state index in [4.69, 9.17) is 0 Å². The maximum absolute atomic E-state index is 2.22. The molecular weight excluding hydrogens is 110 g/mol. The van der Waals surface area contributed by atoms with Crippen LogP contribution in [0.1, 0.15) is 41.0 Å². The molecule has 0 N–H and O–H groups in total. The molecule has 0 bridgehead atoms. The Bertz CT molecular complexity index is 56.1. The molecule has 0 aliphatic heterocycles. The average Bonchev–Trinajstić information content (AvgIpc) is 1.61. The van der Waals surface area contributed by atoms with Gasteiger partial charge in [0.1, 0.15) is 0 Å². The van der Waals surface area contributed by atoms with Crippen LogP contribution in [-0.4, -0.2) is 35.4 Å². The molecule has 0 heterocycles. The van der Waals surface area contributed by atoms with Crippen molar-refractivity contribution in [3.63, 3.8) is 0 Å². The van der Waals surface area contributed by atoms with Crippen LogP contribution < -0.4 is 0 Å². The van der Waals surface area contributed by atoms with Crippen molar-refractivity contribution in [3.8, 4) is 0 Å². The summed E-state index contributed by atoms with van der Waals surface area (Å²) in [5, 5.41) is 0. The summed E-state index contributed by atoms with van der Waals surface area (Å²) in [4.78, 5) is 0. The molecule has 0 radical (unpaired) electrons. The van der Waals surface area contributed by atoms with Gasteiger partial charge in [0.2, 0.25) is 0 Å². The molecule has 0 spiro atoms. The van der Waals surface area contributed by atoms with Crippen LogP contribution in [0, 0.1) is 0 Å². The molecule has 52 valence electrons. The van der Waals surface area contributed by atoms with Gasteiger partial charge in [-0.3, -0.25) is 0 Å². The molecule has 0 aliphatic rings. The molecule has 0 aromatic carbocycles. The van der Waals surface area contributed by atoms with Crippen LogP contribution >= 0.6 is 0 Å². The van der Waals surface area contributed by atoms with Crippen molar-refractivity contribution in [3.05, 3.63) is 0 Å². The third kappa shape index (κ3) is 60.5. The Morgan fingerprint density at radius 2 is 1.40 bits per heavy atom. The molecule has 0 aromatic heterocycles. The van der Waals surface area contributed by atoms with E-state index in [1.54, 1.807) is 0 Å². The van der Waals surface area contributed by atoms with Gasteiger partial charge in [0.15, 0.2) is 0 Å². The first-order chi connectivity index (χ1) is 4.27. The molecule has 2 heteroatoms. The van der Waals surface area contributed by atoms with Crippen molar-refractivity contribution in [2.75, 3.05) is 0 Å². The van der Waals surface area contributed by atoms with E-state index >= 15 is 0 Å². The van der Waals surface area contributed by atoms with E-state index in [2.05, 4.69) is 70.0 Å². The van der Waals surface area contributed by atoms with Gasteiger partial charge in [-0.05, 0) is 0 Å². The van der Waals surface area contributed by atoms with Gasteiger partial charge in [0.25, 0.3) is 0 Å². The van der Waals surface area contributed by atoms with E-state index in [-0.39, 0.29) is 0 Å².